The average Bonchev–Trinajstić information content (AvgIpc) is 2.40. The third kappa shape index (κ3) is 3.52. The standard InChI is InChI=1S/C14H18FNO3/c1-10-2-3-12(15)11(8-10)13(9-14(17)18)16-4-6-19-7-5-16/h2-3,8,13H,4-7,9H2,1H3,(H,17,18). The van der Waals surface area contributed by atoms with Crippen molar-refractivity contribution < 1.29 is 19.0 Å². The van der Waals surface area contributed by atoms with Crippen LogP contribution in [0, 0.1) is 12.7 Å². The summed E-state index contributed by atoms with van der Waals surface area (Å²) < 4.78 is 19.2. The summed E-state index contributed by atoms with van der Waals surface area (Å²) in [4.78, 5) is 13.0. The van der Waals surface area contributed by atoms with Gasteiger partial charge in [0.15, 0.2) is 0 Å². The van der Waals surface area contributed by atoms with Gasteiger partial charge in [-0.15, -0.1) is 0 Å². The average molecular weight is 267 g/mol. The number of morpholine rings is 1. The SMILES string of the molecule is Cc1ccc(F)c(C(CC(=O)O)N2CCOCC2)c1. The monoisotopic (exact) mass is 267 g/mol. The number of hydrogen-bond acceptors (Lipinski definition) is 3. The van der Waals surface area contributed by atoms with E-state index in [9.17, 15) is 9.18 Å². The van der Waals surface area contributed by atoms with Gasteiger partial charge in [0.25, 0.3) is 0 Å². The number of benzene rings is 1. The molecule has 1 N–H and O–H groups in total. The Labute approximate surface area is 111 Å². The lowest BCUT2D eigenvalue weighted by molar-refractivity contribution is -0.139. The molecule has 4 nitrogen and oxygen atoms in total. The summed E-state index contributed by atoms with van der Waals surface area (Å²) >= 11 is 0. The molecule has 1 aromatic rings. The number of carboxylic acid groups (broad SMARTS) is 1. The Balaban J connectivity index is 2.29. The highest BCUT2D eigenvalue weighted by molar-refractivity contribution is 5.68. The van der Waals surface area contributed by atoms with Gasteiger partial charge < -0.3 is 9.84 Å². The van der Waals surface area contributed by atoms with E-state index < -0.39 is 12.0 Å². The van der Waals surface area contributed by atoms with Crippen LogP contribution in [0.25, 0.3) is 0 Å². The Bertz CT molecular complexity index is 458. The quantitative estimate of drug-likeness (QED) is 0.906. The third-order valence-electron chi connectivity index (χ3n) is 3.36. The smallest absolute Gasteiger partial charge is 0.305 e. The summed E-state index contributed by atoms with van der Waals surface area (Å²) in [5, 5.41) is 9.06. The molecule has 0 amide bonds. The lowest BCUT2D eigenvalue weighted by atomic mass is 9.99. The van der Waals surface area contributed by atoms with Crippen LogP contribution in [0.3, 0.4) is 0 Å². The van der Waals surface area contributed by atoms with Gasteiger partial charge in [0.05, 0.1) is 19.6 Å². The van der Waals surface area contributed by atoms with Gasteiger partial charge in [0, 0.05) is 24.7 Å². The molecule has 0 aromatic heterocycles. The molecule has 1 aliphatic heterocycles. The minimum Gasteiger partial charge on any atom is -0.481 e. The van der Waals surface area contributed by atoms with Crippen molar-refractivity contribution in [1.29, 1.82) is 0 Å². The Morgan fingerprint density at radius 2 is 2.16 bits per heavy atom. The van der Waals surface area contributed by atoms with Gasteiger partial charge >= 0.3 is 5.97 Å². The molecule has 1 saturated heterocycles. The maximum absolute atomic E-state index is 14.0. The van der Waals surface area contributed by atoms with Crippen LogP contribution in [0.2, 0.25) is 0 Å². The van der Waals surface area contributed by atoms with Gasteiger partial charge in [-0.3, -0.25) is 9.69 Å². The first-order valence-electron chi connectivity index (χ1n) is 6.37. The topological polar surface area (TPSA) is 49.8 Å². The molecule has 1 aliphatic rings. The molecule has 1 fully saturated rings. The Kier molecular flexibility index (Phi) is 4.50. The first-order chi connectivity index (χ1) is 9.08. The summed E-state index contributed by atoms with van der Waals surface area (Å²) in [5.74, 6) is -1.26. The second kappa shape index (κ2) is 6.12. The van der Waals surface area contributed by atoms with E-state index in [1.54, 1.807) is 12.1 Å². The highest BCUT2D eigenvalue weighted by Gasteiger charge is 2.27. The molecule has 1 aromatic carbocycles. The van der Waals surface area contributed by atoms with E-state index >= 15 is 0 Å². The lowest BCUT2D eigenvalue weighted by Crippen LogP contribution is -2.40. The fourth-order valence-electron chi connectivity index (χ4n) is 2.41. The van der Waals surface area contributed by atoms with Crippen molar-refractivity contribution in [3.63, 3.8) is 0 Å². The van der Waals surface area contributed by atoms with Crippen molar-refractivity contribution in [2.45, 2.75) is 19.4 Å². The molecule has 5 heteroatoms. The van der Waals surface area contributed by atoms with Crippen LogP contribution >= 0.6 is 0 Å². The zero-order valence-electron chi connectivity index (χ0n) is 10.9. The van der Waals surface area contributed by atoms with Crippen molar-refractivity contribution in [3.05, 3.63) is 35.1 Å². The van der Waals surface area contributed by atoms with Crippen LogP contribution in [0.5, 0.6) is 0 Å². The van der Waals surface area contributed by atoms with E-state index in [0.717, 1.165) is 5.56 Å². The molecule has 1 heterocycles. The summed E-state index contributed by atoms with van der Waals surface area (Å²) in [6, 6.07) is 4.40. The summed E-state index contributed by atoms with van der Waals surface area (Å²) in [5.41, 5.74) is 1.39. The van der Waals surface area contributed by atoms with Crippen molar-refractivity contribution in [2.75, 3.05) is 26.3 Å². The van der Waals surface area contributed by atoms with Gasteiger partial charge in [-0.1, -0.05) is 17.7 Å². The second-order valence-corrected chi connectivity index (χ2v) is 4.79. The molecule has 0 bridgehead atoms. The number of carboxylic acids is 1. The minimum atomic E-state index is -0.919. The minimum absolute atomic E-state index is 0.0969. The fourth-order valence-corrected chi connectivity index (χ4v) is 2.41. The van der Waals surface area contributed by atoms with Crippen molar-refractivity contribution in [2.24, 2.45) is 0 Å². The van der Waals surface area contributed by atoms with E-state index in [1.165, 1.54) is 6.07 Å². The predicted octanol–water partition coefficient (Wildman–Crippen LogP) is 1.98. The normalized spacial score (nSPS) is 18.2. The zero-order chi connectivity index (χ0) is 13.8. The second-order valence-electron chi connectivity index (χ2n) is 4.79. The van der Waals surface area contributed by atoms with Gasteiger partial charge in [0.2, 0.25) is 0 Å². The third-order valence-corrected chi connectivity index (χ3v) is 3.36. The number of halogens is 1. The van der Waals surface area contributed by atoms with Gasteiger partial charge in [-0.25, -0.2) is 4.39 Å². The van der Waals surface area contributed by atoms with Gasteiger partial charge in [-0.2, -0.15) is 0 Å². The molecule has 1 atom stereocenters. The van der Waals surface area contributed by atoms with Crippen LogP contribution < -0.4 is 0 Å². The highest BCUT2D eigenvalue weighted by atomic mass is 19.1. The molecular formula is C14H18FNO3. The highest BCUT2D eigenvalue weighted by Crippen LogP contribution is 2.28. The van der Waals surface area contributed by atoms with Gasteiger partial charge in [0.1, 0.15) is 5.82 Å². The van der Waals surface area contributed by atoms with Crippen LogP contribution in [0.15, 0.2) is 18.2 Å². The van der Waals surface area contributed by atoms with Crippen LogP contribution in [0.1, 0.15) is 23.6 Å². The van der Waals surface area contributed by atoms with Crippen molar-refractivity contribution >= 4 is 5.97 Å². The molecule has 104 valence electrons. The number of carbonyl (C=O) groups is 1. The number of nitrogens with zero attached hydrogens (tertiary/aromatic N) is 1. The van der Waals surface area contributed by atoms with Crippen molar-refractivity contribution in [3.8, 4) is 0 Å². The van der Waals surface area contributed by atoms with Crippen LogP contribution in [-0.4, -0.2) is 42.3 Å². The molecule has 19 heavy (non-hydrogen) atoms. The predicted molar refractivity (Wildman–Crippen MR) is 68.5 cm³/mol. The van der Waals surface area contributed by atoms with E-state index in [0.29, 0.717) is 31.9 Å². The maximum atomic E-state index is 14.0. The molecule has 0 saturated carbocycles. The van der Waals surface area contributed by atoms with Gasteiger partial charge in [-0.05, 0) is 13.0 Å². The first kappa shape index (κ1) is 14.0. The Hall–Kier alpha value is -1.46. The van der Waals surface area contributed by atoms with E-state index in [1.807, 2.05) is 11.8 Å². The number of rotatable bonds is 4. The Morgan fingerprint density at radius 3 is 2.79 bits per heavy atom. The van der Waals surface area contributed by atoms with Crippen molar-refractivity contribution in [1.82, 2.24) is 4.90 Å². The first-order valence-corrected chi connectivity index (χ1v) is 6.37. The summed E-state index contributed by atoms with van der Waals surface area (Å²) in [6.45, 7) is 4.25. The maximum Gasteiger partial charge on any atom is 0.305 e. The summed E-state index contributed by atoms with van der Waals surface area (Å²) in [6.07, 6.45) is -0.0969. The number of aryl methyl sites for hydroxylation is 1. The summed E-state index contributed by atoms with van der Waals surface area (Å²) in [7, 11) is 0. The fraction of sp³-hybridized carbons (Fsp3) is 0.500. The number of ether oxygens (including phenoxy) is 1. The molecule has 0 spiro atoms. The van der Waals surface area contributed by atoms with Crippen LogP contribution in [0.4, 0.5) is 4.39 Å². The molecule has 1 unspecified atom stereocenters. The molecule has 0 radical (unpaired) electrons. The van der Waals surface area contributed by atoms with Crippen LogP contribution in [-0.2, 0) is 9.53 Å². The van der Waals surface area contributed by atoms with E-state index in [4.69, 9.17) is 9.84 Å². The largest absolute Gasteiger partial charge is 0.481 e. The molecule has 2 rings (SSSR count). The van der Waals surface area contributed by atoms with E-state index in [-0.39, 0.29) is 12.2 Å². The molecule has 0 aliphatic carbocycles. The zero-order valence-corrected chi connectivity index (χ0v) is 10.9. The lowest BCUT2D eigenvalue weighted by Gasteiger charge is -2.34. The number of aliphatic carboxylic acids is 1. The van der Waals surface area contributed by atoms with E-state index in [2.05, 4.69) is 0 Å². The number of hydrogen-bond donors (Lipinski definition) is 1. The molecular weight excluding hydrogens is 249 g/mol. The Morgan fingerprint density at radius 1 is 1.47 bits per heavy atom.